The maximum atomic E-state index is 5.27. The highest BCUT2D eigenvalue weighted by Crippen LogP contribution is 2.30. The number of anilines is 1. The van der Waals surface area contributed by atoms with Crippen molar-refractivity contribution in [2.75, 3.05) is 5.23 Å². The van der Waals surface area contributed by atoms with E-state index in [4.69, 9.17) is 4.42 Å². The lowest BCUT2D eigenvalue weighted by Gasteiger charge is -2.25. The molecule has 1 aliphatic rings. The number of nitrogens with one attached hydrogen (secondary N) is 1. The maximum Gasteiger partial charge on any atom is 0.321 e. The zero-order valence-electron chi connectivity index (χ0n) is 11.5. The van der Waals surface area contributed by atoms with Gasteiger partial charge in [0.2, 0.25) is 0 Å². The number of hydrogen-bond donors (Lipinski definition) is 1. The van der Waals surface area contributed by atoms with E-state index in [-0.39, 0.29) is 6.85 Å². The van der Waals surface area contributed by atoms with Crippen LogP contribution in [0.4, 0.5) is 5.69 Å². The Balaban J connectivity index is 1.87. The van der Waals surface area contributed by atoms with Crippen LogP contribution >= 0.6 is 0 Å². The average molecular weight is 271 g/mol. The molecule has 2 heterocycles. The number of rotatable bonds is 2. The quantitative estimate of drug-likeness (QED) is 0.719. The molecule has 0 amide bonds. The van der Waals surface area contributed by atoms with Gasteiger partial charge in [0.25, 0.3) is 0 Å². The van der Waals surface area contributed by atoms with Crippen molar-refractivity contribution in [2.24, 2.45) is 0 Å². The zero-order chi connectivity index (χ0) is 14.1. The minimum atomic E-state index is 0.138. The van der Waals surface area contributed by atoms with E-state index in [1.165, 1.54) is 22.2 Å². The fourth-order valence-corrected chi connectivity index (χ4v) is 2.83. The second kappa shape index (κ2) is 5.02. The van der Waals surface area contributed by atoms with Crippen LogP contribution in [0, 0.1) is 0 Å². The van der Waals surface area contributed by atoms with Gasteiger partial charge in [-0.1, -0.05) is 60.1 Å². The fourth-order valence-electron chi connectivity index (χ4n) is 2.83. The Kier molecular flexibility index (Phi) is 2.89. The summed E-state index contributed by atoms with van der Waals surface area (Å²) in [5, 5.41) is 3.64. The third-order valence-electron chi connectivity index (χ3n) is 3.87. The molecule has 0 fully saturated rings. The molecular weight excluding hydrogens is 257 g/mol. The number of para-hydroxylation sites is 1. The topological polar surface area (TPSA) is 25.2 Å². The summed E-state index contributed by atoms with van der Waals surface area (Å²) < 4.78 is 5.27. The predicted octanol–water partition coefficient (Wildman–Crippen LogP) is 3.68. The first kappa shape index (κ1) is 12.1. The Morgan fingerprint density at radius 2 is 1.67 bits per heavy atom. The molecule has 0 saturated heterocycles. The number of fused-ring (bicyclic) bond motifs is 1. The highest BCUT2D eigenvalue weighted by molar-refractivity contribution is 6.93. The Labute approximate surface area is 124 Å². The van der Waals surface area contributed by atoms with Gasteiger partial charge in [-0.25, -0.2) is 0 Å². The first-order chi connectivity index (χ1) is 10.4. The molecule has 100 valence electrons. The van der Waals surface area contributed by atoms with Crippen LogP contribution in [0.1, 0.15) is 11.1 Å². The monoisotopic (exact) mass is 271 g/mol. The van der Waals surface area contributed by atoms with E-state index < -0.39 is 0 Å². The summed E-state index contributed by atoms with van der Waals surface area (Å²) >= 11 is 0. The van der Waals surface area contributed by atoms with E-state index in [0.717, 1.165) is 5.56 Å². The van der Waals surface area contributed by atoms with Crippen LogP contribution in [0.3, 0.4) is 0 Å². The highest BCUT2D eigenvalue weighted by Gasteiger charge is 2.28. The summed E-state index contributed by atoms with van der Waals surface area (Å²) in [6.45, 7) is 0.138. The normalized spacial score (nSPS) is 13.3. The molecule has 0 aliphatic carbocycles. The van der Waals surface area contributed by atoms with Gasteiger partial charge in [0, 0.05) is 11.3 Å². The molecule has 1 aliphatic heterocycles. The smallest absolute Gasteiger partial charge is 0.321 e. The van der Waals surface area contributed by atoms with Gasteiger partial charge in [0.15, 0.2) is 0 Å². The Bertz CT molecular complexity index is 778. The predicted molar refractivity (Wildman–Crippen MR) is 88.5 cm³/mol. The minimum absolute atomic E-state index is 0.138. The first-order valence-corrected chi connectivity index (χ1v) is 7.06. The van der Waals surface area contributed by atoms with E-state index in [2.05, 4.69) is 59.8 Å². The lowest BCUT2D eigenvalue weighted by atomic mass is 9.47. The summed E-state index contributed by atoms with van der Waals surface area (Å²) in [6, 6.07) is 20.9. The zero-order valence-corrected chi connectivity index (χ0v) is 11.5. The lowest BCUT2D eigenvalue weighted by Crippen LogP contribution is -2.41. The minimum Gasteiger partial charge on any atom is -0.472 e. The largest absolute Gasteiger partial charge is 0.472 e. The molecule has 0 unspecified atom stereocenters. The number of furan rings is 1. The highest BCUT2D eigenvalue weighted by atomic mass is 16.3. The van der Waals surface area contributed by atoms with E-state index >= 15 is 0 Å². The van der Waals surface area contributed by atoms with E-state index in [0.29, 0.717) is 0 Å². The fraction of sp³-hybridized carbons (Fsp3) is 0. The molecule has 3 aromatic rings. The molecule has 2 nitrogen and oxygen atoms in total. The van der Waals surface area contributed by atoms with Gasteiger partial charge in [0.05, 0.1) is 12.5 Å². The molecule has 21 heavy (non-hydrogen) atoms. The van der Waals surface area contributed by atoms with Crippen molar-refractivity contribution in [3.63, 3.8) is 0 Å². The Morgan fingerprint density at radius 1 is 0.857 bits per heavy atom. The molecule has 4 rings (SSSR count). The summed E-state index contributed by atoms with van der Waals surface area (Å²) in [6.07, 6.45) is 5.77. The molecule has 3 heteroatoms. The maximum absolute atomic E-state index is 5.27. The molecule has 0 atom stereocenters. The third-order valence-corrected chi connectivity index (χ3v) is 3.87. The van der Waals surface area contributed by atoms with Gasteiger partial charge in [-0.05, 0) is 23.2 Å². The van der Waals surface area contributed by atoms with Crippen molar-refractivity contribution in [3.8, 4) is 0 Å². The molecule has 2 aromatic carbocycles. The molecule has 0 spiro atoms. The summed E-state index contributed by atoms with van der Waals surface area (Å²) in [4.78, 5) is 0. The van der Waals surface area contributed by atoms with Crippen molar-refractivity contribution in [1.29, 1.82) is 0 Å². The summed E-state index contributed by atoms with van der Waals surface area (Å²) in [7, 11) is 0. The lowest BCUT2D eigenvalue weighted by molar-refractivity contribution is 0.566. The van der Waals surface area contributed by atoms with Crippen molar-refractivity contribution in [1.82, 2.24) is 0 Å². The molecule has 0 saturated carbocycles. The average Bonchev–Trinajstić information content (AvgIpc) is 3.09. The van der Waals surface area contributed by atoms with Crippen molar-refractivity contribution >= 4 is 29.5 Å². The van der Waals surface area contributed by atoms with Gasteiger partial charge in [-0.3, -0.25) is 0 Å². The van der Waals surface area contributed by atoms with Crippen molar-refractivity contribution in [2.45, 2.75) is 0 Å². The van der Waals surface area contributed by atoms with Crippen LogP contribution in [0.25, 0.3) is 11.5 Å². The van der Waals surface area contributed by atoms with Gasteiger partial charge in [-0.2, -0.15) is 0 Å². The van der Waals surface area contributed by atoms with Gasteiger partial charge < -0.3 is 9.64 Å². The molecule has 1 N–H and O–H groups in total. The Hall–Kier alpha value is -2.68. The van der Waals surface area contributed by atoms with Crippen LogP contribution in [-0.2, 0) is 0 Å². The first-order valence-electron chi connectivity index (χ1n) is 7.06. The number of hydrogen-bond acceptors (Lipinski definition) is 2. The van der Waals surface area contributed by atoms with Gasteiger partial charge >= 0.3 is 6.85 Å². The molecule has 1 aromatic heterocycles. The summed E-state index contributed by atoms with van der Waals surface area (Å²) in [5.41, 5.74) is 5.97. The molecule has 0 bridgehead atoms. The number of benzene rings is 2. The standard InChI is InChI=1S/C18H14BNO/c1-2-7-16(8-3-1)19-17(15-10-11-21-13-15)12-14-6-4-5-9-18(14)20-19/h1-13,20H. The SMILES string of the molecule is C1=C(c2ccoc2)B(c2ccccc2)Nc2ccccc21. The van der Waals surface area contributed by atoms with Gasteiger partial charge in [0.1, 0.15) is 0 Å². The van der Waals surface area contributed by atoms with Crippen LogP contribution in [-0.4, -0.2) is 6.85 Å². The van der Waals surface area contributed by atoms with Crippen LogP contribution in [0.2, 0.25) is 0 Å². The molecular formula is C18H14BNO. The second-order valence-electron chi connectivity index (χ2n) is 5.19. The molecule has 0 radical (unpaired) electrons. The van der Waals surface area contributed by atoms with Crippen LogP contribution in [0.5, 0.6) is 0 Å². The van der Waals surface area contributed by atoms with E-state index in [1.54, 1.807) is 12.5 Å². The van der Waals surface area contributed by atoms with E-state index in [1.807, 2.05) is 12.1 Å². The van der Waals surface area contributed by atoms with Crippen molar-refractivity contribution < 1.29 is 4.42 Å². The van der Waals surface area contributed by atoms with Crippen LogP contribution < -0.4 is 10.7 Å². The van der Waals surface area contributed by atoms with E-state index in [9.17, 15) is 0 Å². The van der Waals surface area contributed by atoms with Crippen molar-refractivity contribution in [3.05, 3.63) is 84.3 Å². The third kappa shape index (κ3) is 2.17. The second-order valence-corrected chi connectivity index (χ2v) is 5.19. The van der Waals surface area contributed by atoms with Crippen LogP contribution in [0.15, 0.2) is 77.6 Å². The van der Waals surface area contributed by atoms with Gasteiger partial charge in [-0.15, -0.1) is 0 Å². The Morgan fingerprint density at radius 3 is 2.48 bits per heavy atom. The summed E-state index contributed by atoms with van der Waals surface area (Å²) in [5.74, 6) is 0.